The molecule has 10 nitrogen and oxygen atoms in total. The van der Waals surface area contributed by atoms with Gasteiger partial charge in [-0.1, -0.05) is 6.42 Å². The number of carboxylic acid groups (broad SMARTS) is 1. The zero-order chi connectivity index (χ0) is 27.4. The van der Waals surface area contributed by atoms with E-state index in [0.717, 1.165) is 43.2 Å². The summed E-state index contributed by atoms with van der Waals surface area (Å²) in [5.41, 5.74) is -0.754. The number of nitrogens with zero attached hydrogens (tertiary/aromatic N) is 4. The minimum Gasteiger partial charge on any atom is -0.475 e. The first-order valence-corrected chi connectivity index (χ1v) is 10.9. The van der Waals surface area contributed by atoms with Gasteiger partial charge in [-0.15, -0.1) is 5.10 Å². The maximum atomic E-state index is 13.2. The smallest absolute Gasteiger partial charge is 0.475 e. The van der Waals surface area contributed by atoms with Crippen LogP contribution in [0.3, 0.4) is 0 Å². The molecule has 37 heavy (non-hydrogen) atoms. The minimum absolute atomic E-state index is 0.129. The van der Waals surface area contributed by atoms with Crippen LogP contribution in [-0.4, -0.2) is 61.7 Å². The van der Waals surface area contributed by atoms with Crippen LogP contribution in [-0.2, 0) is 18.0 Å². The van der Waals surface area contributed by atoms with Gasteiger partial charge in [-0.05, 0) is 43.7 Å². The van der Waals surface area contributed by atoms with E-state index in [1.807, 2.05) is 12.1 Å². The van der Waals surface area contributed by atoms with Crippen LogP contribution < -0.4 is 16.0 Å². The van der Waals surface area contributed by atoms with E-state index in [4.69, 9.17) is 9.90 Å². The van der Waals surface area contributed by atoms with Gasteiger partial charge in [-0.2, -0.15) is 31.4 Å². The Balaban J connectivity index is 0.000000479. The van der Waals surface area contributed by atoms with Gasteiger partial charge >= 0.3 is 18.3 Å². The van der Waals surface area contributed by atoms with Gasteiger partial charge in [0, 0.05) is 25.8 Å². The number of nitrogens with one attached hydrogen (secondary N) is 3. The predicted octanol–water partition coefficient (Wildman–Crippen LogP) is 3.53. The zero-order valence-corrected chi connectivity index (χ0v) is 19.3. The number of hydrogen-bond acceptors (Lipinski definition) is 6. The van der Waals surface area contributed by atoms with Crippen molar-refractivity contribution in [3.8, 4) is 0 Å². The summed E-state index contributed by atoms with van der Waals surface area (Å²) in [6.45, 7) is 1.81. The number of carbonyl (C=O) groups excluding carboxylic acids is 1. The van der Waals surface area contributed by atoms with Crippen LogP contribution in [0.4, 0.5) is 37.8 Å². The Morgan fingerprint density at radius 2 is 1.76 bits per heavy atom. The number of aliphatic carboxylic acids is 1. The van der Waals surface area contributed by atoms with Crippen molar-refractivity contribution < 1.29 is 41.0 Å². The maximum absolute atomic E-state index is 13.2. The SMILES string of the molecule is Cn1cc(NC(=O)c2ccc3ccc(N[C@H]4CCCCNC4)nn23)c(C(F)(F)F)n1.O=C(O)C(F)(F)F. The summed E-state index contributed by atoms with van der Waals surface area (Å²) in [6.07, 6.45) is -5.40. The van der Waals surface area contributed by atoms with Crippen molar-refractivity contribution in [2.75, 3.05) is 23.7 Å². The second-order valence-electron chi connectivity index (χ2n) is 8.13. The van der Waals surface area contributed by atoms with Gasteiger partial charge in [0.15, 0.2) is 5.69 Å². The Hall–Kier alpha value is -3.82. The third-order valence-corrected chi connectivity index (χ3v) is 5.22. The molecule has 4 rings (SSSR count). The molecule has 0 bridgehead atoms. The summed E-state index contributed by atoms with van der Waals surface area (Å²) in [4.78, 5) is 21.6. The van der Waals surface area contributed by atoms with Crippen molar-refractivity contribution in [3.05, 3.63) is 41.9 Å². The summed E-state index contributed by atoms with van der Waals surface area (Å²) in [5, 5.41) is 24.0. The molecule has 3 aromatic heterocycles. The number of amides is 1. The summed E-state index contributed by atoms with van der Waals surface area (Å²) >= 11 is 0. The average Bonchev–Trinajstić information content (AvgIpc) is 3.28. The molecule has 202 valence electrons. The zero-order valence-electron chi connectivity index (χ0n) is 19.3. The first kappa shape index (κ1) is 27.8. The molecule has 1 atom stereocenters. The summed E-state index contributed by atoms with van der Waals surface area (Å²) in [7, 11) is 1.36. The Labute approximate surface area is 205 Å². The monoisotopic (exact) mass is 535 g/mol. The number of anilines is 2. The molecule has 0 spiro atoms. The fraction of sp³-hybridized carbons (Fsp3) is 0.429. The van der Waals surface area contributed by atoms with E-state index in [0.29, 0.717) is 11.3 Å². The van der Waals surface area contributed by atoms with Crippen LogP contribution in [0.15, 0.2) is 30.5 Å². The van der Waals surface area contributed by atoms with E-state index in [1.165, 1.54) is 17.6 Å². The third-order valence-electron chi connectivity index (χ3n) is 5.22. The standard InChI is InChI=1S/C19H22F3N7O.C2HF3O2/c1-28-11-14(17(27-28)19(20,21)22)25-18(30)15-7-5-13-6-8-16(26-29(13)15)24-12-4-2-3-9-23-10-12;3-2(4,5)1(6)7/h5-8,11-12,23H,2-4,9-10H2,1H3,(H,24,26)(H,25,30);(H,6,7)/t12-;/m0./s1. The van der Waals surface area contributed by atoms with E-state index in [9.17, 15) is 31.1 Å². The topological polar surface area (TPSA) is 126 Å². The quantitative estimate of drug-likeness (QED) is 0.377. The number of hydrogen-bond donors (Lipinski definition) is 4. The number of rotatable bonds is 4. The van der Waals surface area contributed by atoms with Gasteiger partial charge in [0.05, 0.1) is 11.2 Å². The number of aromatic nitrogens is 4. The third kappa shape index (κ3) is 7.34. The van der Waals surface area contributed by atoms with E-state index < -0.39 is 35.6 Å². The number of fused-ring (bicyclic) bond motifs is 1. The van der Waals surface area contributed by atoms with Crippen molar-refractivity contribution in [2.45, 2.75) is 37.7 Å². The molecule has 0 aliphatic carbocycles. The summed E-state index contributed by atoms with van der Waals surface area (Å²) in [6, 6.07) is 7.06. The lowest BCUT2D eigenvalue weighted by Gasteiger charge is -2.17. The number of halogens is 6. The van der Waals surface area contributed by atoms with Crippen LogP contribution in [0.5, 0.6) is 0 Å². The highest BCUT2D eigenvalue weighted by atomic mass is 19.4. The van der Waals surface area contributed by atoms with Crippen LogP contribution >= 0.6 is 0 Å². The number of aryl methyl sites for hydroxylation is 1. The molecule has 4 N–H and O–H groups in total. The molecule has 0 unspecified atom stereocenters. The molecule has 0 aromatic carbocycles. The summed E-state index contributed by atoms with van der Waals surface area (Å²) in [5.74, 6) is -2.86. The van der Waals surface area contributed by atoms with Crippen molar-refractivity contribution in [1.82, 2.24) is 24.7 Å². The van der Waals surface area contributed by atoms with Gasteiger partial charge in [0.1, 0.15) is 11.5 Å². The molecule has 3 aromatic rings. The van der Waals surface area contributed by atoms with Crippen molar-refractivity contribution >= 4 is 28.9 Å². The van der Waals surface area contributed by atoms with E-state index in [-0.39, 0.29) is 11.7 Å². The molecule has 1 aliphatic rings. The van der Waals surface area contributed by atoms with E-state index >= 15 is 0 Å². The molecule has 16 heteroatoms. The van der Waals surface area contributed by atoms with Crippen molar-refractivity contribution in [1.29, 1.82) is 0 Å². The van der Waals surface area contributed by atoms with E-state index in [2.05, 4.69) is 26.1 Å². The Kier molecular flexibility index (Phi) is 8.30. The highest BCUT2D eigenvalue weighted by Gasteiger charge is 2.38. The van der Waals surface area contributed by atoms with Gasteiger partial charge in [0.2, 0.25) is 0 Å². The maximum Gasteiger partial charge on any atom is 0.490 e. The Bertz CT molecular complexity index is 1240. The van der Waals surface area contributed by atoms with Crippen molar-refractivity contribution in [2.24, 2.45) is 7.05 Å². The highest BCUT2D eigenvalue weighted by molar-refractivity contribution is 6.04. The van der Waals surface area contributed by atoms with Gasteiger partial charge in [-0.25, -0.2) is 9.31 Å². The highest BCUT2D eigenvalue weighted by Crippen LogP contribution is 2.33. The Morgan fingerprint density at radius 3 is 2.41 bits per heavy atom. The fourth-order valence-electron chi connectivity index (χ4n) is 3.56. The van der Waals surface area contributed by atoms with Crippen LogP contribution in [0, 0.1) is 0 Å². The second kappa shape index (κ2) is 11.1. The van der Waals surface area contributed by atoms with Gasteiger partial charge in [0.25, 0.3) is 5.91 Å². The van der Waals surface area contributed by atoms with Crippen LogP contribution in [0.1, 0.15) is 35.4 Å². The summed E-state index contributed by atoms with van der Waals surface area (Å²) < 4.78 is 73.6. The molecule has 4 heterocycles. The average molecular weight is 535 g/mol. The van der Waals surface area contributed by atoms with E-state index in [1.54, 1.807) is 6.07 Å². The first-order valence-electron chi connectivity index (χ1n) is 10.9. The molecule has 1 fully saturated rings. The number of alkyl halides is 6. The predicted molar refractivity (Wildman–Crippen MR) is 119 cm³/mol. The van der Waals surface area contributed by atoms with Gasteiger partial charge < -0.3 is 21.1 Å². The lowest BCUT2D eigenvalue weighted by Crippen LogP contribution is -2.31. The second-order valence-corrected chi connectivity index (χ2v) is 8.13. The first-order chi connectivity index (χ1) is 17.3. The van der Waals surface area contributed by atoms with Crippen LogP contribution in [0.25, 0.3) is 5.52 Å². The molecule has 0 radical (unpaired) electrons. The normalized spacial score (nSPS) is 16.5. The molecule has 1 aliphatic heterocycles. The molecular weight excluding hydrogens is 512 g/mol. The number of carbonyl (C=O) groups is 2. The fourth-order valence-corrected chi connectivity index (χ4v) is 3.56. The lowest BCUT2D eigenvalue weighted by molar-refractivity contribution is -0.192. The lowest BCUT2D eigenvalue weighted by atomic mass is 10.1. The molecule has 0 saturated carbocycles. The van der Waals surface area contributed by atoms with Crippen LogP contribution in [0.2, 0.25) is 0 Å². The van der Waals surface area contributed by atoms with Crippen molar-refractivity contribution in [3.63, 3.8) is 0 Å². The minimum atomic E-state index is -5.08. The molecule has 1 amide bonds. The number of carboxylic acids is 1. The molecular formula is C21H23F6N7O3. The largest absolute Gasteiger partial charge is 0.490 e. The van der Waals surface area contributed by atoms with Gasteiger partial charge in [-0.3, -0.25) is 9.48 Å². The molecule has 1 saturated heterocycles. The Morgan fingerprint density at radius 1 is 1.08 bits per heavy atom.